The third-order valence-corrected chi connectivity index (χ3v) is 4.38. The van der Waals surface area contributed by atoms with Crippen molar-refractivity contribution in [3.63, 3.8) is 0 Å². The highest BCUT2D eigenvalue weighted by Gasteiger charge is 2.37. The van der Waals surface area contributed by atoms with E-state index in [4.69, 9.17) is 5.11 Å². The smallest absolute Gasteiger partial charge is 0.335 e. The Balaban J connectivity index is 1.84. The Morgan fingerprint density at radius 3 is 2.43 bits per heavy atom. The number of carbonyl (C=O) groups excluding carboxylic acids is 2. The monoisotopic (exact) mass is 287 g/mol. The van der Waals surface area contributed by atoms with Gasteiger partial charge in [0, 0.05) is 6.54 Å². The highest BCUT2D eigenvalue weighted by atomic mass is 16.4. The third kappa shape index (κ3) is 2.44. The van der Waals surface area contributed by atoms with E-state index < -0.39 is 5.97 Å². The molecule has 21 heavy (non-hydrogen) atoms. The maximum Gasteiger partial charge on any atom is 0.335 e. The standard InChI is InChI=1S/C16H17NO4/c18-14-12-7-6-11(16(20)21)8-13(12)15(19)17(14)9-10-4-2-1-3-5-10/h6-8,10H,1-5,9H2,(H,20,21). The van der Waals surface area contributed by atoms with E-state index in [-0.39, 0.29) is 22.9 Å². The van der Waals surface area contributed by atoms with Crippen molar-refractivity contribution < 1.29 is 19.5 Å². The number of benzene rings is 1. The van der Waals surface area contributed by atoms with Gasteiger partial charge in [0.25, 0.3) is 11.8 Å². The van der Waals surface area contributed by atoms with Crippen LogP contribution in [0.5, 0.6) is 0 Å². The minimum atomic E-state index is -1.09. The van der Waals surface area contributed by atoms with Gasteiger partial charge in [-0.3, -0.25) is 14.5 Å². The van der Waals surface area contributed by atoms with Crippen LogP contribution in [0.2, 0.25) is 0 Å². The van der Waals surface area contributed by atoms with Gasteiger partial charge in [-0.2, -0.15) is 0 Å². The number of amides is 2. The number of hydrogen-bond acceptors (Lipinski definition) is 3. The lowest BCUT2D eigenvalue weighted by atomic mass is 9.89. The van der Waals surface area contributed by atoms with Gasteiger partial charge in [0.2, 0.25) is 0 Å². The van der Waals surface area contributed by atoms with Crippen LogP contribution in [-0.4, -0.2) is 34.3 Å². The zero-order chi connectivity index (χ0) is 15.0. The van der Waals surface area contributed by atoms with Gasteiger partial charge in [0.15, 0.2) is 0 Å². The van der Waals surface area contributed by atoms with Gasteiger partial charge in [0.1, 0.15) is 0 Å². The number of fused-ring (bicyclic) bond motifs is 1. The topological polar surface area (TPSA) is 74.7 Å². The molecule has 1 N–H and O–H groups in total. The molecule has 3 rings (SSSR count). The van der Waals surface area contributed by atoms with Crippen LogP contribution in [0.1, 0.15) is 63.2 Å². The second-order valence-corrected chi connectivity index (χ2v) is 5.79. The van der Waals surface area contributed by atoms with Crippen molar-refractivity contribution in [2.45, 2.75) is 32.1 Å². The summed E-state index contributed by atoms with van der Waals surface area (Å²) in [6.45, 7) is 0.453. The number of nitrogens with zero attached hydrogens (tertiary/aromatic N) is 1. The van der Waals surface area contributed by atoms with Crippen molar-refractivity contribution in [1.82, 2.24) is 4.90 Å². The molecule has 1 saturated carbocycles. The van der Waals surface area contributed by atoms with Crippen molar-refractivity contribution in [3.8, 4) is 0 Å². The van der Waals surface area contributed by atoms with Gasteiger partial charge in [-0.05, 0) is 37.0 Å². The summed E-state index contributed by atoms with van der Waals surface area (Å²) in [5, 5.41) is 8.99. The summed E-state index contributed by atoms with van der Waals surface area (Å²) in [6.07, 6.45) is 5.62. The zero-order valence-corrected chi connectivity index (χ0v) is 11.7. The fraction of sp³-hybridized carbons (Fsp3) is 0.438. The molecule has 0 radical (unpaired) electrons. The Morgan fingerprint density at radius 2 is 1.76 bits per heavy atom. The number of rotatable bonds is 3. The summed E-state index contributed by atoms with van der Waals surface area (Å²) in [4.78, 5) is 36.9. The SMILES string of the molecule is O=C(O)c1ccc2c(c1)C(=O)N(CC1CCCCC1)C2=O. The number of aromatic carboxylic acids is 1. The number of carboxylic acid groups (broad SMARTS) is 1. The summed E-state index contributed by atoms with van der Waals surface area (Å²) < 4.78 is 0. The molecule has 1 aliphatic heterocycles. The molecule has 1 fully saturated rings. The maximum atomic E-state index is 12.4. The summed E-state index contributed by atoms with van der Waals surface area (Å²) in [5.41, 5.74) is 0.575. The predicted octanol–water partition coefficient (Wildman–Crippen LogP) is 2.56. The molecule has 5 nitrogen and oxygen atoms in total. The minimum absolute atomic E-state index is 0.0365. The minimum Gasteiger partial charge on any atom is -0.478 e. The van der Waals surface area contributed by atoms with Crippen LogP contribution in [0.25, 0.3) is 0 Å². The van der Waals surface area contributed by atoms with Crippen LogP contribution in [0.3, 0.4) is 0 Å². The predicted molar refractivity (Wildman–Crippen MR) is 75.3 cm³/mol. The Labute approximate surface area is 122 Å². The highest BCUT2D eigenvalue weighted by Crippen LogP contribution is 2.29. The lowest BCUT2D eigenvalue weighted by Gasteiger charge is -2.25. The molecule has 2 amide bonds. The second-order valence-electron chi connectivity index (χ2n) is 5.79. The van der Waals surface area contributed by atoms with Crippen LogP contribution in [0, 0.1) is 5.92 Å². The zero-order valence-electron chi connectivity index (χ0n) is 11.7. The van der Waals surface area contributed by atoms with E-state index in [1.165, 1.54) is 29.5 Å². The van der Waals surface area contributed by atoms with Crippen LogP contribution in [0.15, 0.2) is 18.2 Å². The number of imide groups is 1. The molecule has 0 bridgehead atoms. The highest BCUT2D eigenvalue weighted by molar-refractivity contribution is 6.21. The van der Waals surface area contributed by atoms with Gasteiger partial charge in [0.05, 0.1) is 16.7 Å². The largest absolute Gasteiger partial charge is 0.478 e. The Kier molecular flexibility index (Phi) is 3.49. The Bertz CT molecular complexity index is 617. The first-order valence-electron chi connectivity index (χ1n) is 7.31. The lowest BCUT2D eigenvalue weighted by Crippen LogP contribution is -2.35. The van der Waals surface area contributed by atoms with E-state index in [2.05, 4.69) is 0 Å². The molecular weight excluding hydrogens is 270 g/mol. The van der Waals surface area contributed by atoms with E-state index in [0.717, 1.165) is 25.7 Å². The van der Waals surface area contributed by atoms with Crippen molar-refractivity contribution >= 4 is 17.8 Å². The van der Waals surface area contributed by atoms with Crippen LogP contribution in [-0.2, 0) is 0 Å². The first kappa shape index (κ1) is 13.8. The van der Waals surface area contributed by atoms with Gasteiger partial charge < -0.3 is 5.11 Å². The number of carbonyl (C=O) groups is 3. The molecular formula is C16H17NO4. The summed E-state index contributed by atoms with van der Waals surface area (Å²) in [5.74, 6) is -1.37. The van der Waals surface area contributed by atoms with Crippen molar-refractivity contribution in [3.05, 3.63) is 34.9 Å². The second kappa shape index (κ2) is 5.31. The number of carboxylic acids is 1. The molecule has 0 atom stereocenters. The summed E-state index contributed by atoms with van der Waals surface area (Å²) in [6, 6.07) is 4.12. The average molecular weight is 287 g/mol. The first-order valence-corrected chi connectivity index (χ1v) is 7.31. The van der Waals surface area contributed by atoms with E-state index in [1.54, 1.807) is 0 Å². The molecule has 110 valence electrons. The van der Waals surface area contributed by atoms with Gasteiger partial charge in [-0.25, -0.2) is 4.79 Å². The van der Waals surface area contributed by atoms with Crippen LogP contribution < -0.4 is 0 Å². The summed E-state index contributed by atoms with van der Waals surface area (Å²) >= 11 is 0. The lowest BCUT2D eigenvalue weighted by molar-refractivity contribution is 0.0616. The molecule has 5 heteroatoms. The van der Waals surface area contributed by atoms with Crippen molar-refractivity contribution in [2.75, 3.05) is 6.54 Å². The first-order chi connectivity index (χ1) is 10.1. The molecule has 1 aromatic rings. The van der Waals surface area contributed by atoms with Crippen molar-refractivity contribution in [1.29, 1.82) is 0 Å². The Morgan fingerprint density at radius 1 is 1.10 bits per heavy atom. The third-order valence-electron chi connectivity index (χ3n) is 4.38. The molecule has 1 aliphatic carbocycles. The van der Waals surface area contributed by atoms with E-state index in [0.29, 0.717) is 18.0 Å². The van der Waals surface area contributed by atoms with Crippen molar-refractivity contribution in [2.24, 2.45) is 5.92 Å². The van der Waals surface area contributed by atoms with Gasteiger partial charge in [-0.1, -0.05) is 19.3 Å². The van der Waals surface area contributed by atoms with Crippen LogP contribution >= 0.6 is 0 Å². The number of hydrogen-bond donors (Lipinski definition) is 1. The van der Waals surface area contributed by atoms with E-state index in [1.807, 2.05) is 0 Å². The average Bonchev–Trinajstić information content (AvgIpc) is 2.73. The normalized spacial score (nSPS) is 19.0. The molecule has 0 unspecified atom stereocenters. The maximum absolute atomic E-state index is 12.4. The molecule has 1 heterocycles. The quantitative estimate of drug-likeness (QED) is 0.867. The molecule has 1 aromatic carbocycles. The molecule has 0 saturated heterocycles. The van der Waals surface area contributed by atoms with Crippen LogP contribution in [0.4, 0.5) is 0 Å². The Hall–Kier alpha value is -2.17. The fourth-order valence-electron chi connectivity index (χ4n) is 3.22. The fourth-order valence-corrected chi connectivity index (χ4v) is 3.22. The summed E-state index contributed by atoms with van der Waals surface area (Å²) in [7, 11) is 0. The van der Waals surface area contributed by atoms with Gasteiger partial charge >= 0.3 is 5.97 Å². The molecule has 2 aliphatic rings. The van der Waals surface area contributed by atoms with E-state index >= 15 is 0 Å². The molecule has 0 aromatic heterocycles. The van der Waals surface area contributed by atoms with E-state index in [9.17, 15) is 14.4 Å². The molecule has 0 spiro atoms. The van der Waals surface area contributed by atoms with Gasteiger partial charge in [-0.15, -0.1) is 0 Å².